The highest BCUT2D eigenvalue weighted by molar-refractivity contribution is 14.1. The highest BCUT2D eigenvalue weighted by atomic mass is 127. The van der Waals surface area contributed by atoms with E-state index in [-0.39, 0.29) is 11.7 Å². The first-order valence-corrected chi connectivity index (χ1v) is 13.6. The summed E-state index contributed by atoms with van der Waals surface area (Å²) in [7, 11) is -1.02. The number of urea groups is 1. The predicted molar refractivity (Wildman–Crippen MR) is 134 cm³/mol. The van der Waals surface area contributed by atoms with Gasteiger partial charge in [0.2, 0.25) is 0 Å². The highest BCUT2D eigenvalue weighted by Gasteiger charge is 2.32. The molecule has 1 saturated heterocycles. The molecule has 0 aromatic heterocycles. The first-order valence-electron chi connectivity index (χ1n) is 10.8. The third-order valence-corrected chi connectivity index (χ3v) is 7.84. The van der Waals surface area contributed by atoms with Gasteiger partial charge in [0.05, 0.1) is 16.5 Å². The minimum atomic E-state index is -4.48. The van der Waals surface area contributed by atoms with Crippen molar-refractivity contribution in [3.63, 3.8) is 0 Å². The third kappa shape index (κ3) is 7.68. The van der Waals surface area contributed by atoms with E-state index in [1.54, 1.807) is 4.90 Å². The molecule has 0 saturated carbocycles. The number of rotatable bonds is 8. The maximum absolute atomic E-state index is 13.2. The Kier molecular flexibility index (Phi) is 9.57. The monoisotopic (exact) mass is 593 g/mol. The summed E-state index contributed by atoms with van der Waals surface area (Å²) < 4.78 is 54.6. The Morgan fingerprint density at radius 3 is 2.45 bits per heavy atom. The van der Waals surface area contributed by atoms with E-state index in [1.165, 1.54) is 12.1 Å². The van der Waals surface area contributed by atoms with Gasteiger partial charge in [-0.05, 0) is 43.0 Å². The molecule has 1 unspecified atom stereocenters. The highest BCUT2D eigenvalue weighted by Crippen LogP contribution is 2.31. The lowest BCUT2D eigenvalue weighted by molar-refractivity contribution is -0.137. The summed E-state index contributed by atoms with van der Waals surface area (Å²) in [6.45, 7) is 1.57. The van der Waals surface area contributed by atoms with Crippen LogP contribution in [0.4, 0.5) is 23.7 Å². The summed E-state index contributed by atoms with van der Waals surface area (Å²) in [6.07, 6.45) is -2.28. The van der Waals surface area contributed by atoms with Crippen LogP contribution in [0.25, 0.3) is 0 Å². The van der Waals surface area contributed by atoms with Crippen LogP contribution in [0.15, 0.2) is 54.6 Å². The van der Waals surface area contributed by atoms with Crippen molar-refractivity contribution in [2.45, 2.75) is 38.0 Å². The Bertz CT molecular complexity index is 938. The van der Waals surface area contributed by atoms with Gasteiger partial charge in [0.15, 0.2) is 0 Å². The average Bonchev–Trinajstić information content (AvgIpc) is 2.81. The van der Waals surface area contributed by atoms with Crippen LogP contribution in [0.3, 0.4) is 0 Å². The molecule has 1 N–H and O–H groups in total. The number of piperidine rings is 1. The molecule has 0 spiro atoms. The second-order valence-corrected chi connectivity index (χ2v) is 10.5. The van der Waals surface area contributed by atoms with Crippen molar-refractivity contribution in [2.24, 2.45) is 0 Å². The zero-order chi connectivity index (χ0) is 23.8. The van der Waals surface area contributed by atoms with Gasteiger partial charge in [-0.2, -0.15) is 13.2 Å². The maximum Gasteiger partial charge on any atom is 0.416 e. The molecule has 2 aromatic rings. The normalized spacial score (nSPS) is 16.4. The molecule has 1 fully saturated rings. The minimum absolute atomic E-state index is 0.102. The quantitative estimate of drug-likeness (QED) is 0.316. The van der Waals surface area contributed by atoms with Crippen LogP contribution in [0, 0.1) is 0 Å². The van der Waals surface area contributed by atoms with Crippen LogP contribution < -0.4 is 5.32 Å². The summed E-state index contributed by atoms with van der Waals surface area (Å²) in [5, 5.41) is 2.65. The van der Waals surface area contributed by atoms with E-state index in [0.717, 1.165) is 28.5 Å². The second kappa shape index (κ2) is 12.2. The molecular formula is C23H27F3IN3O2S. The largest absolute Gasteiger partial charge is 0.416 e. The van der Waals surface area contributed by atoms with E-state index in [4.69, 9.17) is 0 Å². The summed E-state index contributed by atoms with van der Waals surface area (Å²) in [4.78, 5) is 14.9. The summed E-state index contributed by atoms with van der Waals surface area (Å²) in [6, 6.07) is 13.6. The van der Waals surface area contributed by atoms with Gasteiger partial charge in [0.1, 0.15) is 0 Å². The van der Waals surface area contributed by atoms with Crippen LogP contribution in [0.1, 0.15) is 30.4 Å². The number of benzene rings is 2. The molecule has 33 heavy (non-hydrogen) atoms. The number of nitrogens with one attached hydrogen (secondary N) is 1. The van der Waals surface area contributed by atoms with E-state index in [0.29, 0.717) is 38.2 Å². The van der Waals surface area contributed by atoms with Crippen molar-refractivity contribution < 1.29 is 22.2 Å². The molecule has 1 aliphatic rings. The molecule has 3 rings (SSSR count). The van der Waals surface area contributed by atoms with Gasteiger partial charge < -0.3 is 10.2 Å². The van der Waals surface area contributed by atoms with Crippen LogP contribution >= 0.6 is 22.6 Å². The SMILES string of the molecule is O=C(Nc1cccc(C(F)(F)F)c1)N(Cc1ccccc1)C1CCN(S(=O)CCCI)CC1. The fourth-order valence-electron chi connectivity index (χ4n) is 3.78. The molecule has 2 aromatic carbocycles. The van der Waals surface area contributed by atoms with Crippen molar-refractivity contribution in [1.29, 1.82) is 0 Å². The van der Waals surface area contributed by atoms with Gasteiger partial charge in [0, 0.05) is 41.5 Å². The molecule has 1 atom stereocenters. The molecule has 5 nitrogen and oxygen atoms in total. The molecule has 0 radical (unpaired) electrons. The van der Waals surface area contributed by atoms with Crippen molar-refractivity contribution in [2.75, 3.05) is 28.6 Å². The van der Waals surface area contributed by atoms with Crippen molar-refractivity contribution in [3.05, 3.63) is 65.7 Å². The Morgan fingerprint density at radius 2 is 1.82 bits per heavy atom. The van der Waals surface area contributed by atoms with E-state index >= 15 is 0 Å². The Morgan fingerprint density at radius 1 is 1.12 bits per heavy atom. The fourth-order valence-corrected chi connectivity index (χ4v) is 5.95. The van der Waals surface area contributed by atoms with Gasteiger partial charge >= 0.3 is 12.2 Å². The molecule has 0 aliphatic carbocycles. The molecule has 0 bridgehead atoms. The van der Waals surface area contributed by atoms with E-state index in [1.807, 2.05) is 34.6 Å². The lowest BCUT2D eigenvalue weighted by atomic mass is 10.0. The lowest BCUT2D eigenvalue weighted by Crippen LogP contribution is -2.49. The first-order chi connectivity index (χ1) is 15.8. The standard InChI is InChI=1S/C23H27F3IN3O2S/c24-23(25,26)19-8-4-9-20(16-19)28-22(31)30(17-18-6-2-1-3-7-18)21-10-13-29(14-11-21)33(32)15-5-12-27/h1-4,6-9,16,21H,5,10-15,17H2,(H,28,31). The molecule has 180 valence electrons. The van der Waals surface area contributed by atoms with Gasteiger partial charge in [-0.15, -0.1) is 0 Å². The number of nitrogens with zero attached hydrogens (tertiary/aromatic N) is 2. The molecular weight excluding hydrogens is 566 g/mol. The Labute approximate surface area is 208 Å². The van der Waals surface area contributed by atoms with Crippen molar-refractivity contribution in [3.8, 4) is 0 Å². The fraction of sp³-hybridized carbons (Fsp3) is 0.435. The van der Waals surface area contributed by atoms with Crippen LogP contribution in [-0.2, 0) is 23.7 Å². The van der Waals surface area contributed by atoms with E-state index in [9.17, 15) is 22.2 Å². The summed E-state index contributed by atoms with van der Waals surface area (Å²) in [5.74, 6) is 0.636. The summed E-state index contributed by atoms with van der Waals surface area (Å²) >= 11 is 2.27. The Balaban J connectivity index is 1.72. The number of carbonyl (C=O) groups excluding carboxylic acids is 1. The molecule has 1 aliphatic heterocycles. The number of anilines is 1. The summed E-state index contributed by atoms with van der Waals surface area (Å²) in [5.41, 5.74) is 0.229. The third-order valence-electron chi connectivity index (χ3n) is 5.50. The van der Waals surface area contributed by atoms with Gasteiger partial charge in [-0.3, -0.25) is 0 Å². The first kappa shape index (κ1) is 26.0. The lowest BCUT2D eigenvalue weighted by Gasteiger charge is -2.38. The number of hydrogen-bond acceptors (Lipinski definition) is 2. The molecule has 2 amide bonds. The number of carbonyl (C=O) groups is 1. The van der Waals surface area contributed by atoms with E-state index < -0.39 is 28.8 Å². The number of halogens is 4. The topological polar surface area (TPSA) is 52.7 Å². The second-order valence-electron chi connectivity index (χ2n) is 7.85. The number of alkyl halides is 4. The van der Waals surface area contributed by atoms with Crippen LogP contribution in [-0.4, -0.2) is 48.8 Å². The van der Waals surface area contributed by atoms with Gasteiger partial charge in [0.25, 0.3) is 0 Å². The smallest absolute Gasteiger partial charge is 0.317 e. The number of amides is 2. The Hall–Kier alpha value is -1.66. The van der Waals surface area contributed by atoms with Crippen molar-refractivity contribution >= 4 is 45.3 Å². The zero-order valence-electron chi connectivity index (χ0n) is 18.1. The molecule has 10 heteroatoms. The minimum Gasteiger partial charge on any atom is -0.317 e. The molecule has 1 heterocycles. The van der Waals surface area contributed by atoms with Gasteiger partial charge in [-0.25, -0.2) is 13.3 Å². The van der Waals surface area contributed by atoms with Crippen LogP contribution in [0.2, 0.25) is 0 Å². The van der Waals surface area contributed by atoms with Crippen molar-refractivity contribution in [1.82, 2.24) is 9.21 Å². The average molecular weight is 593 g/mol. The van der Waals surface area contributed by atoms with Crippen LogP contribution in [0.5, 0.6) is 0 Å². The van der Waals surface area contributed by atoms with Gasteiger partial charge in [-0.1, -0.05) is 59.0 Å². The maximum atomic E-state index is 13.2. The zero-order valence-corrected chi connectivity index (χ0v) is 21.0. The van der Waals surface area contributed by atoms with E-state index in [2.05, 4.69) is 27.9 Å². The predicted octanol–water partition coefficient (Wildman–Crippen LogP) is 5.69. The number of hydrogen-bond donors (Lipinski definition) is 1.